The van der Waals surface area contributed by atoms with Gasteiger partial charge >= 0.3 is 5.97 Å². The van der Waals surface area contributed by atoms with Crippen molar-refractivity contribution in [2.24, 2.45) is 0 Å². The molecule has 4 heteroatoms. The van der Waals surface area contributed by atoms with Crippen molar-refractivity contribution < 1.29 is 14.3 Å². The highest BCUT2D eigenvalue weighted by Gasteiger charge is 2.36. The Balaban J connectivity index is 3.12. The molecule has 1 N–H and O–H groups in total. The summed E-state index contributed by atoms with van der Waals surface area (Å²) in [5.74, 6) is -1.21. The molecule has 1 aromatic carbocycles. The molecule has 1 rings (SSSR count). The SMILES string of the molecule is CCC(c1ccccc1F)N(C)C(C)(C)C(=O)O. The molecule has 0 spiro atoms. The zero-order chi connectivity index (χ0) is 13.9. The number of hydrogen-bond acceptors (Lipinski definition) is 2. The molecular weight excluding hydrogens is 233 g/mol. The fourth-order valence-electron chi connectivity index (χ4n) is 1.99. The van der Waals surface area contributed by atoms with Crippen LogP contribution < -0.4 is 0 Å². The summed E-state index contributed by atoms with van der Waals surface area (Å²) in [4.78, 5) is 13.0. The summed E-state index contributed by atoms with van der Waals surface area (Å²) in [6.45, 7) is 5.17. The quantitative estimate of drug-likeness (QED) is 0.876. The Hall–Kier alpha value is -1.42. The highest BCUT2D eigenvalue weighted by atomic mass is 19.1. The van der Waals surface area contributed by atoms with Crippen LogP contribution in [0.4, 0.5) is 4.39 Å². The molecule has 1 atom stereocenters. The second-order valence-electron chi connectivity index (χ2n) is 4.92. The van der Waals surface area contributed by atoms with Crippen molar-refractivity contribution in [1.29, 1.82) is 0 Å². The summed E-state index contributed by atoms with van der Waals surface area (Å²) >= 11 is 0. The van der Waals surface area contributed by atoms with E-state index in [4.69, 9.17) is 0 Å². The number of hydrogen-bond donors (Lipinski definition) is 1. The van der Waals surface area contributed by atoms with Crippen LogP contribution >= 0.6 is 0 Å². The lowest BCUT2D eigenvalue weighted by Gasteiger charge is -2.38. The van der Waals surface area contributed by atoms with E-state index in [0.29, 0.717) is 12.0 Å². The van der Waals surface area contributed by atoms with Gasteiger partial charge < -0.3 is 5.11 Å². The Morgan fingerprint density at radius 3 is 2.44 bits per heavy atom. The molecule has 18 heavy (non-hydrogen) atoms. The van der Waals surface area contributed by atoms with Gasteiger partial charge in [-0.2, -0.15) is 0 Å². The molecule has 0 radical (unpaired) electrons. The molecule has 0 aliphatic carbocycles. The fourth-order valence-corrected chi connectivity index (χ4v) is 1.99. The minimum atomic E-state index is -1.04. The highest BCUT2D eigenvalue weighted by Crippen LogP contribution is 2.30. The van der Waals surface area contributed by atoms with Crippen LogP contribution in [0.2, 0.25) is 0 Å². The Labute approximate surface area is 107 Å². The van der Waals surface area contributed by atoms with E-state index in [1.807, 2.05) is 6.92 Å². The maximum atomic E-state index is 13.8. The average Bonchev–Trinajstić information content (AvgIpc) is 2.32. The van der Waals surface area contributed by atoms with Gasteiger partial charge in [0, 0.05) is 11.6 Å². The first kappa shape index (κ1) is 14.6. The van der Waals surface area contributed by atoms with Crippen LogP contribution in [-0.4, -0.2) is 28.6 Å². The van der Waals surface area contributed by atoms with Crippen molar-refractivity contribution >= 4 is 5.97 Å². The van der Waals surface area contributed by atoms with E-state index < -0.39 is 11.5 Å². The highest BCUT2D eigenvalue weighted by molar-refractivity contribution is 5.77. The first-order valence-corrected chi connectivity index (χ1v) is 6.03. The van der Waals surface area contributed by atoms with Gasteiger partial charge in [0.25, 0.3) is 0 Å². The first-order chi connectivity index (χ1) is 8.32. The van der Waals surface area contributed by atoms with Gasteiger partial charge in [-0.3, -0.25) is 9.69 Å². The van der Waals surface area contributed by atoms with Crippen molar-refractivity contribution in [3.63, 3.8) is 0 Å². The van der Waals surface area contributed by atoms with Gasteiger partial charge in [-0.15, -0.1) is 0 Å². The maximum absolute atomic E-state index is 13.8. The van der Waals surface area contributed by atoms with Crippen LogP contribution in [-0.2, 0) is 4.79 Å². The summed E-state index contributed by atoms with van der Waals surface area (Å²) in [7, 11) is 1.72. The lowest BCUT2D eigenvalue weighted by molar-refractivity contribution is -0.150. The van der Waals surface area contributed by atoms with Gasteiger partial charge in [0.15, 0.2) is 0 Å². The zero-order valence-electron chi connectivity index (χ0n) is 11.3. The largest absolute Gasteiger partial charge is 0.480 e. The van der Waals surface area contributed by atoms with Crippen LogP contribution in [0.25, 0.3) is 0 Å². The molecule has 0 amide bonds. The molecule has 0 bridgehead atoms. The first-order valence-electron chi connectivity index (χ1n) is 6.03. The van der Waals surface area contributed by atoms with Crippen LogP contribution in [0.15, 0.2) is 24.3 Å². The summed E-state index contributed by atoms with van der Waals surface area (Å²) in [6.07, 6.45) is 0.647. The molecule has 0 fully saturated rings. The van der Waals surface area contributed by atoms with Crippen molar-refractivity contribution in [1.82, 2.24) is 4.90 Å². The van der Waals surface area contributed by atoms with Gasteiger partial charge in [0.1, 0.15) is 11.4 Å². The summed E-state index contributed by atoms with van der Waals surface area (Å²) in [5, 5.41) is 9.24. The van der Waals surface area contributed by atoms with Crippen molar-refractivity contribution in [3.8, 4) is 0 Å². The molecule has 0 saturated heterocycles. The van der Waals surface area contributed by atoms with E-state index in [-0.39, 0.29) is 11.9 Å². The molecule has 100 valence electrons. The average molecular weight is 253 g/mol. The molecule has 0 heterocycles. The van der Waals surface area contributed by atoms with E-state index >= 15 is 0 Å². The van der Waals surface area contributed by atoms with Gasteiger partial charge in [-0.05, 0) is 33.4 Å². The van der Waals surface area contributed by atoms with Crippen LogP contribution in [0.3, 0.4) is 0 Å². The number of rotatable bonds is 5. The van der Waals surface area contributed by atoms with Gasteiger partial charge in [-0.1, -0.05) is 25.1 Å². The molecule has 0 aliphatic rings. The third-order valence-electron chi connectivity index (χ3n) is 3.52. The zero-order valence-corrected chi connectivity index (χ0v) is 11.3. The van der Waals surface area contributed by atoms with Gasteiger partial charge in [0.05, 0.1) is 0 Å². The van der Waals surface area contributed by atoms with E-state index in [1.165, 1.54) is 6.07 Å². The second-order valence-corrected chi connectivity index (χ2v) is 4.92. The predicted molar refractivity (Wildman–Crippen MR) is 68.9 cm³/mol. The van der Waals surface area contributed by atoms with E-state index in [1.54, 1.807) is 44.0 Å². The second kappa shape index (κ2) is 5.48. The van der Waals surface area contributed by atoms with Gasteiger partial charge in [-0.25, -0.2) is 4.39 Å². The Kier molecular flexibility index (Phi) is 4.46. The predicted octanol–water partition coefficient (Wildman–Crippen LogP) is 3.07. The third-order valence-corrected chi connectivity index (χ3v) is 3.52. The number of likely N-dealkylation sites (N-methyl/N-ethyl adjacent to an activating group) is 1. The lowest BCUT2D eigenvalue weighted by atomic mass is 9.95. The Bertz CT molecular complexity index is 432. The van der Waals surface area contributed by atoms with Crippen LogP contribution in [0.1, 0.15) is 38.8 Å². The van der Waals surface area contributed by atoms with Gasteiger partial charge in [0.2, 0.25) is 0 Å². The van der Waals surface area contributed by atoms with Crippen LogP contribution in [0, 0.1) is 5.82 Å². The molecule has 1 unspecified atom stereocenters. The third kappa shape index (κ3) is 2.70. The summed E-state index contributed by atoms with van der Waals surface area (Å²) in [5.41, 5.74) is -0.500. The standard InChI is InChI=1S/C14H20FNO2/c1-5-12(10-8-6-7-9-11(10)15)16(4)14(2,3)13(17)18/h6-9,12H,5H2,1-4H3,(H,17,18). The number of nitrogens with zero attached hydrogens (tertiary/aromatic N) is 1. The summed E-state index contributed by atoms with van der Waals surface area (Å²) in [6, 6.07) is 6.26. The normalized spacial score (nSPS) is 13.7. The molecule has 0 aromatic heterocycles. The van der Waals surface area contributed by atoms with E-state index in [0.717, 1.165) is 0 Å². The monoisotopic (exact) mass is 253 g/mol. The lowest BCUT2D eigenvalue weighted by Crippen LogP contribution is -2.49. The molecule has 0 saturated carbocycles. The van der Waals surface area contributed by atoms with E-state index in [9.17, 15) is 14.3 Å². The molecule has 0 aliphatic heterocycles. The van der Waals surface area contributed by atoms with Crippen molar-refractivity contribution in [2.45, 2.75) is 38.8 Å². The number of carboxylic acid groups (broad SMARTS) is 1. The van der Waals surface area contributed by atoms with Crippen molar-refractivity contribution in [3.05, 3.63) is 35.6 Å². The molecule has 1 aromatic rings. The molecular formula is C14H20FNO2. The summed E-state index contributed by atoms with van der Waals surface area (Å²) < 4.78 is 13.8. The number of aliphatic carboxylic acids is 1. The number of carboxylic acids is 1. The topological polar surface area (TPSA) is 40.5 Å². The number of benzene rings is 1. The van der Waals surface area contributed by atoms with Crippen molar-refractivity contribution in [2.75, 3.05) is 7.05 Å². The fraction of sp³-hybridized carbons (Fsp3) is 0.500. The smallest absolute Gasteiger partial charge is 0.323 e. The minimum absolute atomic E-state index is 0.253. The minimum Gasteiger partial charge on any atom is -0.480 e. The number of carbonyl (C=O) groups is 1. The Morgan fingerprint density at radius 1 is 1.44 bits per heavy atom. The van der Waals surface area contributed by atoms with E-state index in [2.05, 4.69) is 0 Å². The Morgan fingerprint density at radius 2 is 2.00 bits per heavy atom. The van der Waals surface area contributed by atoms with Crippen LogP contribution in [0.5, 0.6) is 0 Å². The molecule has 3 nitrogen and oxygen atoms in total. The number of halogens is 1. The maximum Gasteiger partial charge on any atom is 0.323 e.